The molecule has 5 heteroatoms. The lowest BCUT2D eigenvalue weighted by molar-refractivity contribution is 0.395. The summed E-state index contributed by atoms with van der Waals surface area (Å²) in [4.78, 5) is 0. The molecule has 2 unspecified atom stereocenters. The van der Waals surface area contributed by atoms with E-state index in [2.05, 4.69) is 5.43 Å². The Labute approximate surface area is 105 Å². The third-order valence-electron chi connectivity index (χ3n) is 2.95. The molecule has 0 heterocycles. The monoisotopic (exact) mass is 262 g/mol. The second-order valence-electron chi connectivity index (χ2n) is 4.26. The fourth-order valence-corrected chi connectivity index (χ4v) is 1.81. The maximum atomic E-state index is 13.7. The van der Waals surface area contributed by atoms with Crippen LogP contribution in [0.5, 0.6) is 0 Å². The van der Waals surface area contributed by atoms with E-state index in [-0.39, 0.29) is 10.6 Å². The first-order valence-corrected chi connectivity index (χ1v) is 5.97. The maximum absolute atomic E-state index is 13.7. The molecule has 1 rings (SSSR count). The highest BCUT2D eigenvalue weighted by Gasteiger charge is 2.19. The lowest BCUT2D eigenvalue weighted by Crippen LogP contribution is -2.30. The van der Waals surface area contributed by atoms with Crippen LogP contribution in [0.25, 0.3) is 0 Å². The molecule has 3 N–H and O–H groups in total. The Kier molecular flexibility index (Phi) is 5.31. The molecule has 17 heavy (non-hydrogen) atoms. The zero-order valence-corrected chi connectivity index (χ0v) is 10.7. The summed E-state index contributed by atoms with van der Waals surface area (Å²) in [6.45, 7) is 4.07. The van der Waals surface area contributed by atoms with E-state index in [1.807, 2.05) is 13.8 Å². The van der Waals surface area contributed by atoms with E-state index in [4.69, 9.17) is 17.4 Å². The number of benzene rings is 1. The third-order valence-corrected chi connectivity index (χ3v) is 3.24. The fraction of sp³-hybridized carbons (Fsp3) is 0.500. The van der Waals surface area contributed by atoms with E-state index in [0.717, 1.165) is 18.6 Å². The Morgan fingerprint density at radius 3 is 2.53 bits per heavy atom. The first kappa shape index (κ1) is 14.4. The Hall–Kier alpha value is -0.710. The summed E-state index contributed by atoms with van der Waals surface area (Å²) in [5.74, 6) is 4.59. The second kappa shape index (κ2) is 6.28. The predicted molar refractivity (Wildman–Crippen MR) is 65.5 cm³/mol. The molecule has 0 amide bonds. The number of halogens is 3. The molecule has 2 nitrogen and oxygen atoms in total. The van der Waals surface area contributed by atoms with Crippen molar-refractivity contribution in [1.29, 1.82) is 0 Å². The summed E-state index contributed by atoms with van der Waals surface area (Å²) in [6.07, 6.45) is 1.60. The van der Waals surface area contributed by atoms with Crippen molar-refractivity contribution in [3.05, 3.63) is 34.4 Å². The zero-order chi connectivity index (χ0) is 13.0. The van der Waals surface area contributed by atoms with Gasteiger partial charge in [-0.15, -0.1) is 0 Å². The number of nitrogens with one attached hydrogen (secondary N) is 1. The smallest absolute Gasteiger partial charge is 0.142 e. The molecule has 0 aliphatic rings. The second-order valence-corrected chi connectivity index (χ2v) is 4.66. The third kappa shape index (κ3) is 3.63. The number of nitrogens with two attached hydrogens (primary N) is 1. The van der Waals surface area contributed by atoms with E-state index in [0.29, 0.717) is 12.3 Å². The molecule has 0 aromatic heterocycles. The quantitative estimate of drug-likeness (QED) is 0.484. The Balaban J connectivity index is 2.99. The zero-order valence-electron chi connectivity index (χ0n) is 9.93. The standard InChI is InChI=1S/C12H17ClF2N2/c1-3-7(2)4-12(17-16)8-5-11(15)9(13)6-10(8)14/h5-7,12,17H,3-4,16H2,1-2H3. The van der Waals surface area contributed by atoms with Crippen LogP contribution in [0.1, 0.15) is 38.3 Å². The molecule has 1 aromatic rings. The minimum absolute atomic E-state index is 0.217. The first-order valence-electron chi connectivity index (χ1n) is 5.60. The molecule has 0 aliphatic carbocycles. The number of rotatable bonds is 5. The van der Waals surface area contributed by atoms with Crippen LogP contribution in [-0.4, -0.2) is 0 Å². The van der Waals surface area contributed by atoms with Crippen molar-refractivity contribution in [1.82, 2.24) is 5.43 Å². The van der Waals surface area contributed by atoms with Crippen LogP contribution < -0.4 is 11.3 Å². The van der Waals surface area contributed by atoms with E-state index in [9.17, 15) is 8.78 Å². The van der Waals surface area contributed by atoms with Crippen LogP contribution in [-0.2, 0) is 0 Å². The van der Waals surface area contributed by atoms with Gasteiger partial charge in [-0.1, -0.05) is 31.9 Å². The van der Waals surface area contributed by atoms with Gasteiger partial charge in [-0.2, -0.15) is 0 Å². The maximum Gasteiger partial charge on any atom is 0.142 e. The summed E-state index contributed by atoms with van der Waals surface area (Å²) in [6, 6.07) is 1.68. The van der Waals surface area contributed by atoms with Gasteiger partial charge in [0, 0.05) is 11.6 Å². The topological polar surface area (TPSA) is 38.0 Å². The van der Waals surface area contributed by atoms with E-state index < -0.39 is 17.7 Å². The van der Waals surface area contributed by atoms with Crippen molar-refractivity contribution in [2.75, 3.05) is 0 Å². The highest BCUT2D eigenvalue weighted by Crippen LogP contribution is 2.28. The lowest BCUT2D eigenvalue weighted by atomic mass is 9.94. The normalized spacial score (nSPS) is 14.7. The molecule has 2 atom stereocenters. The lowest BCUT2D eigenvalue weighted by Gasteiger charge is -2.20. The van der Waals surface area contributed by atoms with Crippen LogP contribution in [0.2, 0.25) is 5.02 Å². The summed E-state index contributed by atoms with van der Waals surface area (Å²) < 4.78 is 27.0. The molecule has 0 bridgehead atoms. The summed E-state index contributed by atoms with van der Waals surface area (Å²) in [7, 11) is 0. The van der Waals surface area contributed by atoms with Crippen molar-refractivity contribution >= 4 is 11.6 Å². The van der Waals surface area contributed by atoms with E-state index in [1.54, 1.807) is 0 Å². The fourth-order valence-electron chi connectivity index (χ4n) is 1.66. The van der Waals surface area contributed by atoms with Crippen LogP contribution in [0.15, 0.2) is 12.1 Å². The first-order chi connectivity index (χ1) is 7.99. The Bertz CT molecular complexity index is 385. The van der Waals surface area contributed by atoms with Crippen LogP contribution in [0.3, 0.4) is 0 Å². The Morgan fingerprint density at radius 2 is 2.00 bits per heavy atom. The van der Waals surface area contributed by atoms with Crippen molar-refractivity contribution in [3.63, 3.8) is 0 Å². The number of hydrogen-bond acceptors (Lipinski definition) is 2. The Morgan fingerprint density at radius 1 is 1.35 bits per heavy atom. The molecular weight excluding hydrogens is 246 g/mol. The van der Waals surface area contributed by atoms with Gasteiger partial charge in [0.2, 0.25) is 0 Å². The summed E-state index contributed by atoms with van der Waals surface area (Å²) >= 11 is 5.50. The number of hydrogen-bond donors (Lipinski definition) is 2. The summed E-state index contributed by atoms with van der Waals surface area (Å²) in [5.41, 5.74) is 2.74. The van der Waals surface area contributed by atoms with Gasteiger partial charge >= 0.3 is 0 Å². The van der Waals surface area contributed by atoms with Gasteiger partial charge in [-0.3, -0.25) is 11.3 Å². The SMILES string of the molecule is CCC(C)CC(NN)c1cc(F)c(Cl)cc1F. The van der Waals surface area contributed by atoms with Gasteiger partial charge in [0.15, 0.2) is 0 Å². The molecule has 1 aromatic carbocycles. The molecule has 0 radical (unpaired) electrons. The highest BCUT2D eigenvalue weighted by atomic mass is 35.5. The predicted octanol–water partition coefficient (Wildman–Crippen LogP) is 3.56. The molecule has 0 fully saturated rings. The van der Waals surface area contributed by atoms with E-state index >= 15 is 0 Å². The van der Waals surface area contributed by atoms with Crippen LogP contribution >= 0.6 is 11.6 Å². The van der Waals surface area contributed by atoms with Crippen molar-refractivity contribution in [2.24, 2.45) is 11.8 Å². The highest BCUT2D eigenvalue weighted by molar-refractivity contribution is 6.30. The van der Waals surface area contributed by atoms with Crippen molar-refractivity contribution < 1.29 is 8.78 Å². The molecule has 0 spiro atoms. The average molecular weight is 263 g/mol. The molecule has 96 valence electrons. The van der Waals surface area contributed by atoms with Gasteiger partial charge in [-0.25, -0.2) is 8.78 Å². The van der Waals surface area contributed by atoms with Crippen molar-refractivity contribution in [3.8, 4) is 0 Å². The molecular formula is C12H17ClF2N2. The minimum atomic E-state index is -0.632. The van der Waals surface area contributed by atoms with Gasteiger partial charge in [0.25, 0.3) is 0 Å². The minimum Gasteiger partial charge on any atom is -0.271 e. The van der Waals surface area contributed by atoms with E-state index in [1.165, 1.54) is 0 Å². The van der Waals surface area contributed by atoms with Crippen LogP contribution in [0.4, 0.5) is 8.78 Å². The van der Waals surface area contributed by atoms with Gasteiger partial charge in [-0.05, 0) is 24.5 Å². The number of hydrazine groups is 1. The molecule has 0 saturated carbocycles. The van der Waals surface area contributed by atoms with Gasteiger partial charge < -0.3 is 0 Å². The summed E-state index contributed by atoms with van der Waals surface area (Å²) in [5, 5.41) is -0.217. The largest absolute Gasteiger partial charge is 0.271 e. The van der Waals surface area contributed by atoms with Gasteiger partial charge in [0.1, 0.15) is 11.6 Å². The van der Waals surface area contributed by atoms with Crippen LogP contribution in [0, 0.1) is 17.6 Å². The van der Waals surface area contributed by atoms with Gasteiger partial charge in [0.05, 0.1) is 5.02 Å². The molecule has 0 aliphatic heterocycles. The van der Waals surface area contributed by atoms with Crippen molar-refractivity contribution in [2.45, 2.75) is 32.7 Å². The average Bonchev–Trinajstić information content (AvgIpc) is 2.30. The molecule has 0 saturated heterocycles.